The highest BCUT2D eigenvalue weighted by molar-refractivity contribution is 6.13. The van der Waals surface area contributed by atoms with Gasteiger partial charge < -0.3 is 20.3 Å². The van der Waals surface area contributed by atoms with E-state index in [0.29, 0.717) is 32.6 Å². The largest absolute Gasteiger partial charge is 0.378 e. The van der Waals surface area contributed by atoms with Gasteiger partial charge in [-0.05, 0) is 57.1 Å². The minimum absolute atomic E-state index is 0.129. The second kappa shape index (κ2) is 8.99. The van der Waals surface area contributed by atoms with E-state index in [1.54, 1.807) is 0 Å². The number of ether oxygens (including phenoxy) is 1. The predicted octanol–water partition coefficient (Wildman–Crippen LogP) is 3.25. The number of nitrogens with one attached hydrogen (secondary N) is 2. The Kier molecular flexibility index (Phi) is 6.19. The number of nitrogens with zero attached hydrogens (tertiary/aromatic N) is 1. The van der Waals surface area contributed by atoms with Crippen LogP contribution in [0.2, 0.25) is 0 Å². The molecule has 0 bridgehead atoms. The number of hydrogen-bond acceptors (Lipinski definition) is 4. The standard InChI is InChI=1S/C23H31N3O3/c27-21(24-13-10-18-6-2-1-3-7-18)23(11-12-23)22(28)25-19-8-4-5-9-20(19)26-14-16-29-17-15-26/h4-6,8-9H,1-3,7,10-17H2,(H,24,27)(H,25,28). The average molecular weight is 398 g/mol. The Morgan fingerprint density at radius 2 is 1.86 bits per heavy atom. The molecule has 1 saturated heterocycles. The summed E-state index contributed by atoms with van der Waals surface area (Å²) in [6.45, 7) is 3.59. The number of amides is 2. The maximum Gasteiger partial charge on any atom is 0.240 e. The molecule has 1 saturated carbocycles. The molecule has 1 aromatic rings. The van der Waals surface area contributed by atoms with Crippen molar-refractivity contribution in [3.8, 4) is 0 Å². The predicted molar refractivity (Wildman–Crippen MR) is 114 cm³/mol. The van der Waals surface area contributed by atoms with E-state index in [9.17, 15) is 9.59 Å². The van der Waals surface area contributed by atoms with Crippen molar-refractivity contribution in [1.82, 2.24) is 5.32 Å². The molecule has 4 rings (SSSR count). The molecular formula is C23H31N3O3. The smallest absolute Gasteiger partial charge is 0.240 e. The molecule has 1 aromatic carbocycles. The van der Waals surface area contributed by atoms with E-state index in [-0.39, 0.29) is 11.8 Å². The molecule has 0 aromatic heterocycles. The topological polar surface area (TPSA) is 70.7 Å². The second-order valence-electron chi connectivity index (χ2n) is 8.27. The summed E-state index contributed by atoms with van der Waals surface area (Å²) in [4.78, 5) is 28.0. The maximum atomic E-state index is 13.0. The molecule has 1 aliphatic heterocycles. The molecule has 2 fully saturated rings. The number of hydrogen-bond donors (Lipinski definition) is 2. The van der Waals surface area contributed by atoms with Crippen LogP contribution in [0.15, 0.2) is 35.9 Å². The molecule has 6 nitrogen and oxygen atoms in total. The van der Waals surface area contributed by atoms with E-state index < -0.39 is 5.41 Å². The Bertz CT molecular complexity index is 779. The molecule has 2 amide bonds. The minimum Gasteiger partial charge on any atom is -0.378 e. The number of carbonyl (C=O) groups excluding carboxylic acids is 2. The first kappa shape index (κ1) is 20.0. The third-order valence-corrected chi connectivity index (χ3v) is 6.24. The van der Waals surface area contributed by atoms with Crippen LogP contribution in [0.25, 0.3) is 0 Å². The Labute approximate surface area is 172 Å². The van der Waals surface area contributed by atoms with Gasteiger partial charge in [0.05, 0.1) is 24.6 Å². The number of para-hydroxylation sites is 2. The fourth-order valence-electron chi connectivity index (χ4n) is 4.22. The van der Waals surface area contributed by atoms with Gasteiger partial charge in [-0.3, -0.25) is 9.59 Å². The van der Waals surface area contributed by atoms with E-state index in [2.05, 4.69) is 21.6 Å². The van der Waals surface area contributed by atoms with Crippen LogP contribution in [0.5, 0.6) is 0 Å². The van der Waals surface area contributed by atoms with E-state index in [1.165, 1.54) is 18.4 Å². The summed E-state index contributed by atoms with van der Waals surface area (Å²) in [5, 5.41) is 6.05. The summed E-state index contributed by atoms with van der Waals surface area (Å²) < 4.78 is 5.43. The third-order valence-electron chi connectivity index (χ3n) is 6.24. The van der Waals surface area contributed by atoms with Crippen molar-refractivity contribution < 1.29 is 14.3 Å². The van der Waals surface area contributed by atoms with Crippen LogP contribution in [0.1, 0.15) is 44.9 Å². The van der Waals surface area contributed by atoms with Crippen LogP contribution in [0.4, 0.5) is 11.4 Å². The van der Waals surface area contributed by atoms with Gasteiger partial charge >= 0.3 is 0 Å². The van der Waals surface area contributed by atoms with Crippen molar-refractivity contribution in [2.75, 3.05) is 43.1 Å². The first-order valence-electron chi connectivity index (χ1n) is 10.9. The number of allylic oxidation sites excluding steroid dienone is 1. The number of rotatable bonds is 7. The van der Waals surface area contributed by atoms with E-state index >= 15 is 0 Å². The highest BCUT2D eigenvalue weighted by Crippen LogP contribution is 2.47. The zero-order valence-electron chi connectivity index (χ0n) is 17.0. The molecule has 6 heteroatoms. The summed E-state index contributed by atoms with van der Waals surface area (Å²) in [7, 11) is 0. The second-order valence-corrected chi connectivity index (χ2v) is 8.27. The Balaban J connectivity index is 1.35. The lowest BCUT2D eigenvalue weighted by atomic mass is 9.97. The van der Waals surface area contributed by atoms with Gasteiger partial charge in [0.15, 0.2) is 0 Å². The van der Waals surface area contributed by atoms with Gasteiger partial charge in [0.2, 0.25) is 11.8 Å². The van der Waals surface area contributed by atoms with Gasteiger partial charge in [0, 0.05) is 19.6 Å². The van der Waals surface area contributed by atoms with Crippen LogP contribution in [0, 0.1) is 5.41 Å². The third kappa shape index (κ3) is 4.64. The number of benzene rings is 1. The molecule has 3 aliphatic rings. The van der Waals surface area contributed by atoms with E-state index in [4.69, 9.17) is 4.74 Å². The number of carbonyl (C=O) groups is 2. The molecule has 0 atom stereocenters. The minimum atomic E-state index is -0.904. The van der Waals surface area contributed by atoms with Crippen molar-refractivity contribution in [2.24, 2.45) is 5.41 Å². The quantitative estimate of drug-likeness (QED) is 0.547. The van der Waals surface area contributed by atoms with Crippen molar-refractivity contribution in [3.05, 3.63) is 35.9 Å². The molecule has 156 valence electrons. The zero-order chi connectivity index (χ0) is 20.1. The lowest BCUT2D eigenvalue weighted by Crippen LogP contribution is -2.41. The lowest BCUT2D eigenvalue weighted by Gasteiger charge is -2.30. The summed E-state index contributed by atoms with van der Waals surface area (Å²) in [5.74, 6) is -0.317. The van der Waals surface area contributed by atoms with Crippen LogP contribution in [-0.2, 0) is 14.3 Å². The number of morpholine rings is 1. The molecule has 0 radical (unpaired) electrons. The molecule has 2 aliphatic carbocycles. The van der Waals surface area contributed by atoms with Crippen molar-refractivity contribution >= 4 is 23.2 Å². The monoisotopic (exact) mass is 397 g/mol. The number of anilines is 2. The highest BCUT2D eigenvalue weighted by Gasteiger charge is 2.56. The molecule has 0 spiro atoms. The summed E-state index contributed by atoms with van der Waals surface area (Å²) in [6.07, 6.45) is 9.24. The maximum absolute atomic E-state index is 13.0. The normalized spacial score (nSPS) is 20.6. The van der Waals surface area contributed by atoms with Crippen molar-refractivity contribution in [1.29, 1.82) is 0 Å². The summed E-state index contributed by atoms with van der Waals surface area (Å²) >= 11 is 0. The van der Waals surface area contributed by atoms with Gasteiger partial charge in [-0.25, -0.2) is 0 Å². The van der Waals surface area contributed by atoms with E-state index in [1.807, 2.05) is 24.3 Å². The zero-order valence-corrected chi connectivity index (χ0v) is 17.0. The summed E-state index contributed by atoms with van der Waals surface area (Å²) in [6, 6.07) is 7.81. The van der Waals surface area contributed by atoms with Crippen LogP contribution in [-0.4, -0.2) is 44.7 Å². The van der Waals surface area contributed by atoms with Gasteiger partial charge in [-0.15, -0.1) is 0 Å². The van der Waals surface area contributed by atoms with Gasteiger partial charge in [-0.1, -0.05) is 23.8 Å². The highest BCUT2D eigenvalue weighted by atomic mass is 16.5. The van der Waals surface area contributed by atoms with Crippen molar-refractivity contribution in [3.63, 3.8) is 0 Å². The average Bonchev–Trinajstić information content (AvgIpc) is 3.58. The van der Waals surface area contributed by atoms with Crippen LogP contribution in [0.3, 0.4) is 0 Å². The Morgan fingerprint density at radius 1 is 1.07 bits per heavy atom. The van der Waals surface area contributed by atoms with Crippen molar-refractivity contribution in [2.45, 2.75) is 44.9 Å². The fourth-order valence-corrected chi connectivity index (χ4v) is 4.22. The Hall–Kier alpha value is -2.34. The first-order valence-corrected chi connectivity index (χ1v) is 10.9. The van der Waals surface area contributed by atoms with Crippen LogP contribution >= 0.6 is 0 Å². The van der Waals surface area contributed by atoms with Gasteiger partial charge in [0.25, 0.3) is 0 Å². The van der Waals surface area contributed by atoms with E-state index in [0.717, 1.165) is 43.7 Å². The first-order chi connectivity index (χ1) is 14.2. The fraction of sp³-hybridized carbons (Fsp3) is 0.565. The molecule has 0 unspecified atom stereocenters. The molecule has 2 N–H and O–H groups in total. The van der Waals surface area contributed by atoms with Gasteiger partial charge in [-0.2, -0.15) is 0 Å². The lowest BCUT2D eigenvalue weighted by molar-refractivity contribution is -0.134. The van der Waals surface area contributed by atoms with Gasteiger partial charge in [0.1, 0.15) is 5.41 Å². The SMILES string of the molecule is O=C(NCCC1=CCCCC1)C1(C(=O)Nc2ccccc2N2CCOCC2)CC1. The summed E-state index contributed by atoms with van der Waals surface area (Å²) in [5.41, 5.74) is 2.29. The van der Waals surface area contributed by atoms with Crippen LogP contribution < -0.4 is 15.5 Å². The molecule has 29 heavy (non-hydrogen) atoms. The molecular weight excluding hydrogens is 366 g/mol. The molecule has 1 heterocycles. The Morgan fingerprint density at radius 3 is 2.59 bits per heavy atom.